The lowest BCUT2D eigenvalue weighted by atomic mass is 9.94. The monoisotopic (exact) mass is 269 g/mol. The lowest BCUT2D eigenvalue weighted by molar-refractivity contribution is 0.0594. The number of carbonyl (C=O) groups excluding carboxylic acids is 1. The van der Waals surface area contributed by atoms with E-state index in [1.807, 2.05) is 6.07 Å². The van der Waals surface area contributed by atoms with Crippen LogP contribution >= 0.6 is 0 Å². The first-order valence-corrected chi connectivity index (χ1v) is 7.03. The number of fused-ring (bicyclic) bond motifs is 1. The predicted molar refractivity (Wildman–Crippen MR) is 78.1 cm³/mol. The number of nitrogens with one attached hydrogen (secondary N) is 1. The van der Waals surface area contributed by atoms with Crippen molar-refractivity contribution in [3.63, 3.8) is 0 Å². The van der Waals surface area contributed by atoms with E-state index in [1.54, 1.807) is 0 Å². The Hall–Kier alpha value is -2.03. The van der Waals surface area contributed by atoms with Gasteiger partial charge in [-0.3, -0.25) is 0 Å². The molecule has 3 heteroatoms. The van der Waals surface area contributed by atoms with Gasteiger partial charge in [0.1, 0.15) is 5.69 Å². The first-order chi connectivity index (χ1) is 9.67. The van der Waals surface area contributed by atoms with Crippen molar-refractivity contribution in [2.75, 3.05) is 7.11 Å². The van der Waals surface area contributed by atoms with Gasteiger partial charge < -0.3 is 9.72 Å². The fourth-order valence-corrected chi connectivity index (χ4v) is 3.11. The average molecular weight is 269 g/mol. The molecule has 0 bridgehead atoms. The summed E-state index contributed by atoms with van der Waals surface area (Å²) in [6.45, 7) is 2.12. The summed E-state index contributed by atoms with van der Waals surface area (Å²) in [6, 6.07) is 10.6. The van der Waals surface area contributed by atoms with Crippen molar-refractivity contribution in [2.45, 2.75) is 32.1 Å². The molecule has 1 heterocycles. The molecule has 2 aromatic rings. The molecule has 0 saturated heterocycles. The topological polar surface area (TPSA) is 42.1 Å². The Balaban J connectivity index is 1.82. The predicted octanol–water partition coefficient (Wildman–Crippen LogP) is 3.38. The van der Waals surface area contributed by atoms with Crippen molar-refractivity contribution in [1.82, 2.24) is 4.98 Å². The minimum atomic E-state index is -0.284. The Morgan fingerprint density at radius 1 is 1.40 bits per heavy atom. The Labute approximate surface area is 119 Å². The Morgan fingerprint density at radius 3 is 3.00 bits per heavy atom. The van der Waals surface area contributed by atoms with Crippen LogP contribution in [0.2, 0.25) is 0 Å². The summed E-state index contributed by atoms with van der Waals surface area (Å²) in [7, 11) is 1.42. The molecule has 0 amide bonds. The van der Waals surface area contributed by atoms with Crippen LogP contribution in [-0.2, 0) is 17.6 Å². The van der Waals surface area contributed by atoms with Crippen LogP contribution in [0.5, 0.6) is 0 Å². The molecule has 3 nitrogen and oxygen atoms in total. The third-order valence-corrected chi connectivity index (χ3v) is 4.09. The van der Waals surface area contributed by atoms with E-state index in [0.29, 0.717) is 11.6 Å². The van der Waals surface area contributed by atoms with Crippen LogP contribution < -0.4 is 0 Å². The highest BCUT2D eigenvalue weighted by atomic mass is 16.5. The van der Waals surface area contributed by atoms with Gasteiger partial charge in [0.05, 0.1) is 7.11 Å². The van der Waals surface area contributed by atoms with Crippen molar-refractivity contribution in [1.29, 1.82) is 0 Å². The van der Waals surface area contributed by atoms with Crippen LogP contribution in [0.1, 0.15) is 45.2 Å². The number of hydrogen-bond acceptors (Lipinski definition) is 2. The molecule has 1 N–H and O–H groups in total. The van der Waals surface area contributed by atoms with Crippen molar-refractivity contribution in [3.05, 3.63) is 58.4 Å². The van der Waals surface area contributed by atoms with Crippen molar-refractivity contribution >= 4 is 5.97 Å². The molecular weight excluding hydrogens is 250 g/mol. The summed E-state index contributed by atoms with van der Waals surface area (Å²) >= 11 is 0. The van der Waals surface area contributed by atoms with E-state index >= 15 is 0 Å². The van der Waals surface area contributed by atoms with Crippen LogP contribution in [0, 0.1) is 6.92 Å². The second-order valence-electron chi connectivity index (χ2n) is 5.54. The van der Waals surface area contributed by atoms with Crippen LogP contribution in [0.15, 0.2) is 30.3 Å². The summed E-state index contributed by atoms with van der Waals surface area (Å²) in [6.07, 6.45) is 3.20. The van der Waals surface area contributed by atoms with E-state index in [-0.39, 0.29) is 5.97 Å². The lowest BCUT2D eigenvalue weighted by Crippen LogP contribution is -2.02. The SMILES string of the molecule is COC(=O)c1cc2c([nH]1)CCC2Cc1cccc(C)c1. The van der Waals surface area contributed by atoms with Gasteiger partial charge in [0, 0.05) is 5.69 Å². The van der Waals surface area contributed by atoms with Crippen LogP contribution in [0.4, 0.5) is 0 Å². The first kappa shape index (κ1) is 13.0. The molecule has 0 radical (unpaired) electrons. The number of methoxy groups -OCH3 is 1. The highest BCUT2D eigenvalue weighted by molar-refractivity contribution is 5.88. The third kappa shape index (κ3) is 2.36. The Bertz CT molecular complexity index is 642. The van der Waals surface area contributed by atoms with E-state index < -0.39 is 0 Å². The number of hydrogen-bond donors (Lipinski definition) is 1. The van der Waals surface area contributed by atoms with Gasteiger partial charge in [-0.05, 0) is 49.3 Å². The van der Waals surface area contributed by atoms with Gasteiger partial charge >= 0.3 is 5.97 Å². The number of carbonyl (C=O) groups is 1. The molecule has 1 aliphatic carbocycles. The molecule has 1 aromatic carbocycles. The Morgan fingerprint density at radius 2 is 2.25 bits per heavy atom. The first-order valence-electron chi connectivity index (χ1n) is 7.03. The molecule has 0 aliphatic heterocycles. The number of rotatable bonds is 3. The van der Waals surface area contributed by atoms with E-state index in [4.69, 9.17) is 4.74 Å². The quantitative estimate of drug-likeness (QED) is 0.868. The zero-order valence-electron chi connectivity index (χ0n) is 11.9. The lowest BCUT2D eigenvalue weighted by Gasteiger charge is -2.10. The fraction of sp³-hybridized carbons (Fsp3) is 0.353. The maximum atomic E-state index is 11.6. The van der Waals surface area contributed by atoms with Gasteiger partial charge in [0.2, 0.25) is 0 Å². The molecule has 1 aliphatic rings. The second-order valence-corrected chi connectivity index (χ2v) is 5.54. The molecule has 0 saturated carbocycles. The van der Waals surface area contributed by atoms with Crippen LogP contribution in [-0.4, -0.2) is 18.1 Å². The Kier molecular flexibility index (Phi) is 3.35. The highest BCUT2D eigenvalue weighted by Crippen LogP contribution is 2.36. The molecule has 0 fully saturated rings. The van der Waals surface area contributed by atoms with Gasteiger partial charge in [-0.25, -0.2) is 4.79 Å². The van der Waals surface area contributed by atoms with E-state index in [2.05, 4.69) is 36.2 Å². The molecule has 3 rings (SSSR count). The van der Waals surface area contributed by atoms with Gasteiger partial charge in [-0.2, -0.15) is 0 Å². The number of aryl methyl sites for hydroxylation is 2. The molecule has 1 unspecified atom stereocenters. The minimum absolute atomic E-state index is 0.284. The normalized spacial score (nSPS) is 17.0. The maximum Gasteiger partial charge on any atom is 0.354 e. The number of aromatic amines is 1. The van der Waals surface area contributed by atoms with Crippen molar-refractivity contribution in [3.8, 4) is 0 Å². The van der Waals surface area contributed by atoms with Gasteiger partial charge in [0.15, 0.2) is 0 Å². The van der Waals surface area contributed by atoms with Gasteiger partial charge in [-0.1, -0.05) is 29.8 Å². The fourth-order valence-electron chi connectivity index (χ4n) is 3.11. The standard InChI is InChI=1S/C17H19NO2/c1-11-4-3-5-12(8-11)9-13-6-7-15-14(13)10-16(18-15)17(19)20-2/h3-5,8,10,13,18H,6-7,9H2,1-2H3. The van der Waals surface area contributed by atoms with E-state index in [0.717, 1.165) is 19.3 Å². The number of benzene rings is 1. The summed E-state index contributed by atoms with van der Waals surface area (Å²) < 4.78 is 4.77. The molecule has 1 aromatic heterocycles. The molecule has 20 heavy (non-hydrogen) atoms. The highest BCUT2D eigenvalue weighted by Gasteiger charge is 2.26. The van der Waals surface area contributed by atoms with Crippen LogP contribution in [0.3, 0.4) is 0 Å². The van der Waals surface area contributed by atoms with Crippen molar-refractivity contribution < 1.29 is 9.53 Å². The van der Waals surface area contributed by atoms with Gasteiger partial charge in [0.25, 0.3) is 0 Å². The summed E-state index contributed by atoms with van der Waals surface area (Å²) in [4.78, 5) is 14.8. The smallest absolute Gasteiger partial charge is 0.354 e. The largest absolute Gasteiger partial charge is 0.464 e. The van der Waals surface area contributed by atoms with Gasteiger partial charge in [-0.15, -0.1) is 0 Å². The zero-order chi connectivity index (χ0) is 14.1. The maximum absolute atomic E-state index is 11.6. The number of esters is 1. The molecule has 1 atom stereocenters. The molecule has 104 valence electrons. The number of aromatic nitrogens is 1. The number of H-pyrrole nitrogens is 1. The average Bonchev–Trinajstić information content (AvgIpc) is 3.00. The van der Waals surface area contributed by atoms with E-state index in [1.165, 1.54) is 29.5 Å². The second kappa shape index (κ2) is 5.16. The van der Waals surface area contributed by atoms with Crippen LogP contribution in [0.25, 0.3) is 0 Å². The number of ether oxygens (including phenoxy) is 1. The summed E-state index contributed by atoms with van der Waals surface area (Å²) in [5, 5.41) is 0. The summed E-state index contributed by atoms with van der Waals surface area (Å²) in [5.41, 5.74) is 5.72. The molecular formula is C17H19NO2. The molecule has 0 spiro atoms. The van der Waals surface area contributed by atoms with Crippen molar-refractivity contribution in [2.24, 2.45) is 0 Å². The zero-order valence-corrected chi connectivity index (χ0v) is 11.9. The summed E-state index contributed by atoms with van der Waals surface area (Å²) in [5.74, 6) is 0.218. The third-order valence-electron chi connectivity index (χ3n) is 4.09. The van der Waals surface area contributed by atoms with E-state index in [9.17, 15) is 4.79 Å². The minimum Gasteiger partial charge on any atom is -0.464 e.